The molecule has 7 heteroatoms. The lowest BCUT2D eigenvalue weighted by molar-refractivity contribution is -0.113. The highest BCUT2D eigenvalue weighted by molar-refractivity contribution is 7.99. The van der Waals surface area contributed by atoms with Gasteiger partial charge in [-0.25, -0.2) is 4.98 Å². The number of carbonyl (C=O) groups is 1. The number of hydrogen-bond acceptors (Lipinski definition) is 5. The summed E-state index contributed by atoms with van der Waals surface area (Å²) in [5, 5.41) is 4.49. The molecule has 1 amide bonds. The van der Waals surface area contributed by atoms with Crippen molar-refractivity contribution in [1.29, 1.82) is 0 Å². The Morgan fingerprint density at radius 2 is 1.91 bits per heavy atom. The predicted octanol–water partition coefficient (Wildman–Crippen LogP) is 6.14. The quantitative estimate of drug-likeness (QED) is 0.238. The van der Waals surface area contributed by atoms with Crippen LogP contribution >= 0.6 is 23.1 Å². The molecule has 5 rings (SSSR count). The first-order chi connectivity index (χ1) is 16.7. The van der Waals surface area contributed by atoms with Gasteiger partial charge in [0.25, 0.3) is 5.56 Å². The summed E-state index contributed by atoms with van der Waals surface area (Å²) in [4.78, 5) is 33.3. The van der Waals surface area contributed by atoms with Gasteiger partial charge in [0, 0.05) is 22.7 Å². The number of amides is 1. The van der Waals surface area contributed by atoms with Crippen molar-refractivity contribution in [1.82, 2.24) is 9.55 Å². The molecule has 174 valence electrons. The number of fused-ring (bicyclic) bond motifs is 3. The van der Waals surface area contributed by atoms with Crippen LogP contribution < -0.4 is 10.9 Å². The molecule has 0 aliphatic heterocycles. The van der Waals surface area contributed by atoms with E-state index in [0.717, 1.165) is 59.1 Å². The largest absolute Gasteiger partial charge is 0.325 e. The molecule has 0 atom stereocenters. The molecule has 4 aromatic rings. The van der Waals surface area contributed by atoms with Crippen LogP contribution in [-0.4, -0.2) is 21.2 Å². The monoisotopic (exact) mass is 489 g/mol. The maximum Gasteiger partial charge on any atom is 0.263 e. The molecule has 0 radical (unpaired) electrons. The third kappa shape index (κ3) is 4.55. The average Bonchev–Trinajstić information content (AvgIpc) is 3.44. The maximum atomic E-state index is 13.4. The van der Waals surface area contributed by atoms with Crippen LogP contribution in [0.25, 0.3) is 21.3 Å². The van der Waals surface area contributed by atoms with Crippen molar-refractivity contribution in [3.05, 3.63) is 75.4 Å². The first kappa shape index (κ1) is 22.9. The van der Waals surface area contributed by atoms with Gasteiger partial charge in [0.2, 0.25) is 5.91 Å². The molecule has 1 N–H and O–H groups in total. The lowest BCUT2D eigenvalue weighted by Crippen LogP contribution is -2.24. The summed E-state index contributed by atoms with van der Waals surface area (Å²) < 4.78 is 1.78. The summed E-state index contributed by atoms with van der Waals surface area (Å²) in [7, 11) is 0. The molecule has 34 heavy (non-hydrogen) atoms. The number of thiophene rings is 1. The van der Waals surface area contributed by atoms with Crippen molar-refractivity contribution in [3.63, 3.8) is 0 Å². The van der Waals surface area contributed by atoms with Gasteiger partial charge in [-0.3, -0.25) is 14.2 Å². The second kappa shape index (κ2) is 10.2. The molecule has 2 aromatic heterocycles. The number of anilines is 1. The summed E-state index contributed by atoms with van der Waals surface area (Å²) in [5.41, 5.74) is 4.07. The van der Waals surface area contributed by atoms with Gasteiger partial charge < -0.3 is 5.32 Å². The Labute approximate surface area is 207 Å². The summed E-state index contributed by atoms with van der Waals surface area (Å²) in [5.74, 6) is 0.0802. The summed E-state index contributed by atoms with van der Waals surface area (Å²) >= 11 is 2.99. The van der Waals surface area contributed by atoms with Crippen LogP contribution in [0.1, 0.15) is 36.6 Å². The topological polar surface area (TPSA) is 64.0 Å². The van der Waals surface area contributed by atoms with E-state index in [2.05, 4.69) is 12.2 Å². The van der Waals surface area contributed by atoms with Crippen LogP contribution in [0.3, 0.4) is 0 Å². The highest BCUT2D eigenvalue weighted by Crippen LogP contribution is 2.35. The highest BCUT2D eigenvalue weighted by atomic mass is 32.2. The Bertz CT molecular complexity index is 1390. The number of hydrogen-bond donors (Lipinski definition) is 1. The zero-order chi connectivity index (χ0) is 23.5. The van der Waals surface area contributed by atoms with Crippen LogP contribution in [0.15, 0.2) is 64.5 Å². The number of benzene rings is 2. The zero-order valence-electron chi connectivity index (χ0n) is 19.2. The number of para-hydroxylation sites is 1. The SMILES string of the molecule is CCCCn1c(SCC(=O)Nc2ccccc2-c2ccccc2)nc2sc3c(c2c1=O)CCC3. The smallest absolute Gasteiger partial charge is 0.263 e. The number of nitrogens with one attached hydrogen (secondary N) is 1. The lowest BCUT2D eigenvalue weighted by atomic mass is 10.0. The summed E-state index contributed by atoms with van der Waals surface area (Å²) in [6, 6.07) is 17.8. The highest BCUT2D eigenvalue weighted by Gasteiger charge is 2.23. The van der Waals surface area contributed by atoms with E-state index in [-0.39, 0.29) is 17.2 Å². The fourth-order valence-electron chi connectivity index (χ4n) is 4.46. The third-order valence-electron chi connectivity index (χ3n) is 6.14. The Hall–Kier alpha value is -2.90. The zero-order valence-corrected chi connectivity index (χ0v) is 20.8. The molecule has 0 unspecified atom stereocenters. The maximum absolute atomic E-state index is 13.4. The number of aromatic nitrogens is 2. The van der Waals surface area contributed by atoms with E-state index in [1.807, 2.05) is 54.6 Å². The first-order valence-electron chi connectivity index (χ1n) is 11.8. The second-order valence-corrected chi connectivity index (χ2v) is 10.5. The van der Waals surface area contributed by atoms with Gasteiger partial charge in [-0.05, 0) is 42.9 Å². The molecule has 5 nitrogen and oxygen atoms in total. The lowest BCUT2D eigenvalue weighted by Gasteiger charge is -2.13. The number of nitrogens with zero attached hydrogens (tertiary/aromatic N) is 2. The molecule has 0 spiro atoms. The van der Waals surface area contributed by atoms with E-state index in [4.69, 9.17) is 4.98 Å². The molecular weight excluding hydrogens is 462 g/mol. The fourth-order valence-corrected chi connectivity index (χ4v) is 6.59. The van der Waals surface area contributed by atoms with Crippen molar-refractivity contribution in [3.8, 4) is 11.1 Å². The number of rotatable bonds is 8. The van der Waals surface area contributed by atoms with Gasteiger partial charge in [0.1, 0.15) is 4.83 Å². The molecule has 0 saturated heterocycles. The summed E-state index contributed by atoms with van der Waals surface area (Å²) in [6.45, 7) is 2.74. The minimum Gasteiger partial charge on any atom is -0.325 e. The van der Waals surface area contributed by atoms with Gasteiger partial charge in [0.05, 0.1) is 11.1 Å². The van der Waals surface area contributed by atoms with Crippen LogP contribution in [-0.2, 0) is 24.2 Å². The average molecular weight is 490 g/mol. The molecule has 0 saturated carbocycles. The number of thioether (sulfide) groups is 1. The number of unbranched alkanes of at least 4 members (excludes halogenated alkanes) is 1. The van der Waals surface area contributed by atoms with Gasteiger partial charge in [0.15, 0.2) is 5.16 Å². The van der Waals surface area contributed by atoms with E-state index in [0.29, 0.717) is 11.7 Å². The van der Waals surface area contributed by atoms with Crippen molar-refractivity contribution in [2.45, 2.75) is 50.7 Å². The number of carbonyl (C=O) groups excluding carboxylic acids is 1. The van der Waals surface area contributed by atoms with Crippen molar-refractivity contribution in [2.75, 3.05) is 11.1 Å². The normalized spacial score (nSPS) is 12.7. The fraction of sp³-hybridized carbons (Fsp3) is 0.296. The van der Waals surface area contributed by atoms with Gasteiger partial charge in [-0.15, -0.1) is 11.3 Å². The molecule has 2 aromatic carbocycles. The summed E-state index contributed by atoms with van der Waals surface area (Å²) in [6.07, 6.45) is 5.02. The minimum atomic E-state index is -0.113. The van der Waals surface area contributed by atoms with Gasteiger partial charge in [-0.1, -0.05) is 73.6 Å². The number of aryl methyl sites for hydroxylation is 2. The Balaban J connectivity index is 1.38. The van der Waals surface area contributed by atoms with Crippen molar-refractivity contribution < 1.29 is 4.79 Å². The van der Waals surface area contributed by atoms with E-state index in [9.17, 15) is 9.59 Å². The minimum absolute atomic E-state index is 0.0511. The van der Waals surface area contributed by atoms with Crippen LogP contribution in [0, 0.1) is 0 Å². The predicted molar refractivity (Wildman–Crippen MR) is 142 cm³/mol. The van der Waals surface area contributed by atoms with E-state index < -0.39 is 0 Å². The third-order valence-corrected chi connectivity index (χ3v) is 8.31. The van der Waals surface area contributed by atoms with Crippen LogP contribution in [0.5, 0.6) is 0 Å². The van der Waals surface area contributed by atoms with Gasteiger partial charge in [-0.2, -0.15) is 0 Å². The Morgan fingerprint density at radius 3 is 2.74 bits per heavy atom. The molecule has 0 fully saturated rings. The Morgan fingerprint density at radius 1 is 1.12 bits per heavy atom. The molecule has 0 bridgehead atoms. The van der Waals surface area contributed by atoms with E-state index in [1.165, 1.54) is 22.2 Å². The standard InChI is InChI=1S/C27H27N3O2S2/c1-2-3-16-30-26(32)24-20-13-9-15-22(20)34-25(24)29-27(30)33-17-23(31)28-21-14-8-7-12-19(21)18-10-5-4-6-11-18/h4-8,10-12,14H,2-3,9,13,15-17H2,1H3,(H,28,31). The molecule has 2 heterocycles. The molecule has 1 aliphatic rings. The van der Waals surface area contributed by atoms with E-state index in [1.54, 1.807) is 15.9 Å². The van der Waals surface area contributed by atoms with Crippen LogP contribution in [0.4, 0.5) is 5.69 Å². The van der Waals surface area contributed by atoms with Crippen LogP contribution in [0.2, 0.25) is 0 Å². The Kier molecular flexibility index (Phi) is 6.83. The van der Waals surface area contributed by atoms with Crippen molar-refractivity contribution >= 4 is 44.9 Å². The first-order valence-corrected chi connectivity index (χ1v) is 13.6. The second-order valence-electron chi connectivity index (χ2n) is 8.49. The van der Waals surface area contributed by atoms with E-state index >= 15 is 0 Å². The molecule has 1 aliphatic carbocycles. The van der Waals surface area contributed by atoms with Crippen molar-refractivity contribution in [2.24, 2.45) is 0 Å². The van der Waals surface area contributed by atoms with Gasteiger partial charge >= 0.3 is 0 Å². The molecular formula is C27H27N3O2S2.